The monoisotopic (exact) mass is 405 g/mol. The van der Waals surface area contributed by atoms with Crippen LogP contribution >= 0.6 is 0 Å². The molecule has 150 valence electrons. The first-order valence-electron chi connectivity index (χ1n) is 9.19. The molecule has 0 aliphatic heterocycles. The average Bonchev–Trinajstić information content (AvgIpc) is 3.17. The maximum Gasteiger partial charge on any atom is 0.263 e. The van der Waals surface area contributed by atoms with Gasteiger partial charge >= 0.3 is 0 Å². The summed E-state index contributed by atoms with van der Waals surface area (Å²) >= 11 is 0. The first-order valence-corrected chi connectivity index (χ1v) is 9.19. The Bertz CT molecular complexity index is 1180. The van der Waals surface area contributed by atoms with Crippen molar-refractivity contribution in [2.45, 2.75) is 0 Å². The average molecular weight is 405 g/mol. The van der Waals surface area contributed by atoms with E-state index in [9.17, 15) is 13.6 Å². The molecule has 0 saturated carbocycles. The number of carbonyl (C=O) groups is 1. The van der Waals surface area contributed by atoms with Gasteiger partial charge in [-0.1, -0.05) is 42.5 Å². The van der Waals surface area contributed by atoms with E-state index < -0.39 is 24.1 Å². The van der Waals surface area contributed by atoms with Crippen LogP contribution in [0.3, 0.4) is 0 Å². The van der Waals surface area contributed by atoms with Gasteiger partial charge in [0.05, 0.1) is 11.4 Å². The third-order valence-electron chi connectivity index (χ3n) is 4.32. The lowest BCUT2D eigenvalue weighted by molar-refractivity contribution is -0.118. The second-order valence-electron chi connectivity index (χ2n) is 6.41. The molecule has 0 bridgehead atoms. The zero-order valence-corrected chi connectivity index (χ0v) is 15.8. The maximum absolute atomic E-state index is 14.2. The smallest absolute Gasteiger partial charge is 0.263 e. The van der Waals surface area contributed by atoms with Crippen molar-refractivity contribution in [3.63, 3.8) is 0 Å². The number of para-hydroxylation sites is 2. The highest BCUT2D eigenvalue weighted by Crippen LogP contribution is 2.26. The van der Waals surface area contributed by atoms with E-state index in [2.05, 4.69) is 10.4 Å². The largest absolute Gasteiger partial charge is 0.481 e. The molecule has 30 heavy (non-hydrogen) atoms. The van der Waals surface area contributed by atoms with Gasteiger partial charge in [0.25, 0.3) is 5.91 Å². The summed E-state index contributed by atoms with van der Waals surface area (Å²) in [5.74, 6) is -1.16. The standard InChI is InChI=1S/C23H17F2N3O2/c24-18-11-5-4-10-17(18)20-14-22(28(27-20)16-8-2-1-3-9-16)26-23(29)15-30-21-13-7-6-12-19(21)25/h1-14H,15H2,(H,26,29). The molecule has 3 aromatic carbocycles. The Morgan fingerprint density at radius 3 is 2.30 bits per heavy atom. The number of rotatable bonds is 6. The fourth-order valence-corrected chi connectivity index (χ4v) is 2.92. The van der Waals surface area contributed by atoms with E-state index in [-0.39, 0.29) is 5.75 Å². The second kappa shape index (κ2) is 8.57. The minimum absolute atomic E-state index is 0.0173. The van der Waals surface area contributed by atoms with Gasteiger partial charge in [0.15, 0.2) is 18.2 Å². The predicted molar refractivity (Wildman–Crippen MR) is 109 cm³/mol. The third kappa shape index (κ3) is 4.20. The lowest BCUT2D eigenvalue weighted by atomic mass is 10.1. The molecule has 5 nitrogen and oxygen atoms in total. The summed E-state index contributed by atoms with van der Waals surface area (Å²) in [5.41, 5.74) is 1.36. The molecule has 1 amide bonds. The lowest BCUT2D eigenvalue weighted by Crippen LogP contribution is -2.22. The lowest BCUT2D eigenvalue weighted by Gasteiger charge is -2.10. The molecular weight excluding hydrogens is 388 g/mol. The molecule has 0 radical (unpaired) electrons. The highest BCUT2D eigenvalue weighted by molar-refractivity contribution is 5.92. The summed E-state index contributed by atoms with van der Waals surface area (Å²) in [4.78, 5) is 12.4. The van der Waals surface area contributed by atoms with Crippen molar-refractivity contribution < 1.29 is 18.3 Å². The maximum atomic E-state index is 14.2. The fourth-order valence-electron chi connectivity index (χ4n) is 2.92. The van der Waals surface area contributed by atoms with Crippen LogP contribution in [0.4, 0.5) is 14.6 Å². The van der Waals surface area contributed by atoms with Crippen molar-refractivity contribution in [1.29, 1.82) is 0 Å². The molecule has 0 unspecified atom stereocenters. The Labute approximate surface area is 171 Å². The number of ether oxygens (including phenoxy) is 1. The number of nitrogens with one attached hydrogen (secondary N) is 1. The minimum Gasteiger partial charge on any atom is -0.481 e. The quantitative estimate of drug-likeness (QED) is 0.500. The molecule has 1 aromatic heterocycles. The number of nitrogens with zero attached hydrogens (tertiary/aromatic N) is 2. The van der Waals surface area contributed by atoms with Crippen molar-refractivity contribution >= 4 is 11.7 Å². The van der Waals surface area contributed by atoms with Gasteiger partial charge in [-0.2, -0.15) is 5.10 Å². The summed E-state index contributed by atoms with van der Waals surface area (Å²) in [6, 6.07) is 22.8. The Morgan fingerprint density at radius 1 is 0.900 bits per heavy atom. The van der Waals surface area contributed by atoms with E-state index in [4.69, 9.17) is 4.74 Å². The van der Waals surface area contributed by atoms with E-state index in [0.717, 1.165) is 0 Å². The van der Waals surface area contributed by atoms with E-state index in [1.165, 1.54) is 28.9 Å². The molecule has 0 atom stereocenters. The normalized spacial score (nSPS) is 10.6. The van der Waals surface area contributed by atoms with E-state index in [1.807, 2.05) is 30.3 Å². The molecule has 0 fully saturated rings. The first-order chi connectivity index (χ1) is 14.6. The zero-order valence-electron chi connectivity index (χ0n) is 15.8. The summed E-state index contributed by atoms with van der Waals surface area (Å²) < 4.78 is 34.7. The Morgan fingerprint density at radius 2 is 1.57 bits per heavy atom. The molecule has 0 spiro atoms. The number of halogens is 2. The van der Waals surface area contributed by atoms with Crippen molar-refractivity contribution in [3.8, 4) is 22.7 Å². The molecule has 4 aromatic rings. The SMILES string of the molecule is O=C(COc1ccccc1F)Nc1cc(-c2ccccc2F)nn1-c1ccccc1. The van der Waals surface area contributed by atoms with E-state index >= 15 is 0 Å². The zero-order chi connectivity index (χ0) is 20.9. The molecular formula is C23H17F2N3O2. The van der Waals surface area contributed by atoms with Crippen LogP contribution in [-0.4, -0.2) is 22.3 Å². The fraction of sp³-hybridized carbons (Fsp3) is 0.0435. The molecule has 0 aliphatic carbocycles. The highest BCUT2D eigenvalue weighted by Gasteiger charge is 2.16. The van der Waals surface area contributed by atoms with Gasteiger partial charge in [-0.15, -0.1) is 0 Å². The molecule has 7 heteroatoms. The number of carbonyl (C=O) groups excluding carboxylic acids is 1. The molecule has 1 heterocycles. The Kier molecular flexibility index (Phi) is 5.52. The van der Waals surface area contributed by atoms with Gasteiger partial charge in [-0.3, -0.25) is 4.79 Å². The Hall–Kier alpha value is -4.00. The topological polar surface area (TPSA) is 56.1 Å². The predicted octanol–water partition coefficient (Wildman–Crippen LogP) is 4.84. The minimum atomic E-state index is -0.554. The number of aromatic nitrogens is 2. The third-order valence-corrected chi connectivity index (χ3v) is 4.32. The van der Waals surface area contributed by atoms with Crippen LogP contribution in [0.15, 0.2) is 84.9 Å². The van der Waals surface area contributed by atoms with Crippen molar-refractivity contribution in [3.05, 3.63) is 96.6 Å². The number of hydrogen-bond acceptors (Lipinski definition) is 3. The Balaban J connectivity index is 1.60. The second-order valence-corrected chi connectivity index (χ2v) is 6.41. The van der Waals surface area contributed by atoms with Crippen LogP contribution in [0.1, 0.15) is 0 Å². The van der Waals surface area contributed by atoms with Gasteiger partial charge in [0.2, 0.25) is 0 Å². The van der Waals surface area contributed by atoms with Gasteiger partial charge < -0.3 is 10.1 Å². The van der Waals surface area contributed by atoms with Crippen LogP contribution in [0.25, 0.3) is 16.9 Å². The molecule has 0 aliphatic rings. The van der Waals surface area contributed by atoms with Gasteiger partial charge in [0, 0.05) is 11.6 Å². The summed E-state index contributed by atoms with van der Waals surface area (Å²) in [7, 11) is 0. The number of anilines is 1. The van der Waals surface area contributed by atoms with E-state index in [1.54, 1.807) is 30.3 Å². The summed E-state index contributed by atoms with van der Waals surface area (Å²) in [6.07, 6.45) is 0. The van der Waals surface area contributed by atoms with Crippen molar-refractivity contribution in [2.24, 2.45) is 0 Å². The van der Waals surface area contributed by atoms with Gasteiger partial charge in [0.1, 0.15) is 11.6 Å². The molecule has 0 saturated heterocycles. The first kappa shape index (κ1) is 19.3. The van der Waals surface area contributed by atoms with Crippen molar-refractivity contribution in [1.82, 2.24) is 9.78 Å². The van der Waals surface area contributed by atoms with Crippen molar-refractivity contribution in [2.75, 3.05) is 11.9 Å². The van der Waals surface area contributed by atoms with E-state index in [0.29, 0.717) is 22.8 Å². The summed E-state index contributed by atoms with van der Waals surface area (Å²) in [5, 5.41) is 7.16. The highest BCUT2D eigenvalue weighted by atomic mass is 19.1. The van der Waals surface area contributed by atoms with Gasteiger partial charge in [-0.25, -0.2) is 13.5 Å². The molecule has 4 rings (SSSR count). The van der Waals surface area contributed by atoms with Crippen LogP contribution in [-0.2, 0) is 4.79 Å². The van der Waals surface area contributed by atoms with Crippen LogP contribution in [0.2, 0.25) is 0 Å². The van der Waals surface area contributed by atoms with Crippen LogP contribution in [0, 0.1) is 11.6 Å². The van der Waals surface area contributed by atoms with Crippen LogP contribution < -0.4 is 10.1 Å². The summed E-state index contributed by atoms with van der Waals surface area (Å²) in [6.45, 7) is -0.393. The van der Waals surface area contributed by atoms with Gasteiger partial charge in [-0.05, 0) is 36.4 Å². The number of benzene rings is 3. The molecule has 1 N–H and O–H groups in total. The van der Waals surface area contributed by atoms with Crippen LogP contribution in [0.5, 0.6) is 5.75 Å². The number of amides is 1. The number of hydrogen-bond donors (Lipinski definition) is 1.